The number of allylic oxidation sites excluding steroid dienone is 8. The Morgan fingerprint density at radius 1 is 0.359 bits per heavy atom. The molecule has 5 nitrogen and oxygen atoms in total. The number of ether oxygens (including phenoxy) is 3. The van der Waals surface area contributed by atoms with E-state index in [1.54, 1.807) is 0 Å². The highest BCUT2D eigenvalue weighted by atomic mass is 16.6. The van der Waals surface area contributed by atoms with Crippen molar-refractivity contribution in [2.45, 2.75) is 297 Å². The molecule has 0 heterocycles. The molecule has 0 aromatic heterocycles. The predicted octanol–water partition coefficient (Wildman–Crippen LogP) is 19.1. The zero-order valence-corrected chi connectivity index (χ0v) is 43.1. The molecule has 1 unspecified atom stereocenters. The van der Waals surface area contributed by atoms with E-state index in [0.717, 1.165) is 77.0 Å². The van der Waals surface area contributed by atoms with E-state index in [-0.39, 0.29) is 25.2 Å². The van der Waals surface area contributed by atoms with Crippen LogP contribution >= 0.6 is 0 Å². The average Bonchev–Trinajstić information content (AvgIpc) is 3.30. The summed E-state index contributed by atoms with van der Waals surface area (Å²) in [5.41, 5.74) is 0. The molecule has 1 atom stereocenters. The summed E-state index contributed by atoms with van der Waals surface area (Å²) >= 11 is 0. The quantitative estimate of drug-likeness (QED) is 0.0346. The van der Waals surface area contributed by atoms with Crippen LogP contribution in [0, 0.1) is 0 Å². The van der Waals surface area contributed by atoms with Gasteiger partial charge in [0, 0.05) is 19.4 Å². The fourth-order valence-electron chi connectivity index (χ4n) is 8.15. The van der Waals surface area contributed by atoms with Crippen LogP contribution in [-0.4, -0.2) is 37.9 Å². The molecule has 0 bridgehead atoms. The van der Waals surface area contributed by atoms with Crippen molar-refractivity contribution in [1.29, 1.82) is 0 Å². The van der Waals surface area contributed by atoms with E-state index in [2.05, 4.69) is 69.4 Å². The molecule has 0 aromatic rings. The molecule has 64 heavy (non-hydrogen) atoms. The summed E-state index contributed by atoms with van der Waals surface area (Å²) in [6.45, 7) is 7.71. The highest BCUT2D eigenvalue weighted by Gasteiger charge is 2.17. The van der Waals surface area contributed by atoms with Crippen LogP contribution in [0.4, 0.5) is 0 Å². The van der Waals surface area contributed by atoms with Crippen LogP contribution in [0.15, 0.2) is 48.6 Å². The third kappa shape index (κ3) is 52.5. The molecule has 0 aliphatic heterocycles. The molecule has 0 saturated heterocycles. The summed E-state index contributed by atoms with van der Waals surface area (Å²) in [5.74, 6) is -0.407. The first-order valence-corrected chi connectivity index (χ1v) is 28.2. The van der Waals surface area contributed by atoms with Crippen molar-refractivity contribution in [2.24, 2.45) is 0 Å². The maximum Gasteiger partial charge on any atom is 0.306 e. The molecule has 0 aliphatic carbocycles. The summed E-state index contributed by atoms with van der Waals surface area (Å²) in [6.07, 6.45) is 68.5. The van der Waals surface area contributed by atoms with Crippen molar-refractivity contribution < 1.29 is 23.8 Å². The molecular formula is C59H108O5. The van der Waals surface area contributed by atoms with Gasteiger partial charge in [-0.1, -0.05) is 256 Å². The van der Waals surface area contributed by atoms with Gasteiger partial charge < -0.3 is 14.2 Å². The molecule has 0 N–H and O–H groups in total. The number of carbonyl (C=O) groups is 2. The predicted molar refractivity (Wildman–Crippen MR) is 279 cm³/mol. The summed E-state index contributed by atoms with van der Waals surface area (Å²) in [5, 5.41) is 0. The molecule has 374 valence electrons. The van der Waals surface area contributed by atoms with E-state index < -0.39 is 6.10 Å². The Morgan fingerprint density at radius 3 is 1.19 bits per heavy atom. The van der Waals surface area contributed by atoms with Crippen molar-refractivity contribution in [1.82, 2.24) is 0 Å². The standard InChI is InChI=1S/C59H108O5/c1-4-7-10-13-16-19-22-24-26-28-29-30-32-34-36-39-42-45-48-51-54-62-55-57(64-59(61)53-50-47-44-41-37-21-18-15-12-9-6-3)56-63-58(60)52-49-46-43-40-38-35-33-31-27-25-23-20-17-14-11-8-5-2/h8,11,15,17-18,20,25,27,57H,4-7,9-10,12-14,16,19,21-24,26,28-56H2,1-3H3/b11-8-,18-15-,20-17-,27-25-. The molecular weight excluding hydrogens is 789 g/mol. The molecule has 0 amide bonds. The number of unbranched alkanes of at least 4 members (excludes halogenated alkanes) is 33. The van der Waals surface area contributed by atoms with Crippen LogP contribution < -0.4 is 0 Å². The maximum atomic E-state index is 12.8. The van der Waals surface area contributed by atoms with Gasteiger partial charge in [-0.15, -0.1) is 0 Å². The van der Waals surface area contributed by atoms with Gasteiger partial charge in [-0.3, -0.25) is 9.59 Å². The third-order valence-electron chi connectivity index (χ3n) is 12.3. The van der Waals surface area contributed by atoms with Crippen LogP contribution in [0.25, 0.3) is 0 Å². The Labute approximate surface area is 399 Å². The van der Waals surface area contributed by atoms with E-state index in [9.17, 15) is 9.59 Å². The SMILES string of the molecule is CC/C=C\C/C=C\C/C=C\CCCCCCCCCC(=O)OCC(COCCCCCCCCCCCCCCCCCCCCCC)OC(=O)CCCCCCC/C=C\CCCC. The normalized spacial score (nSPS) is 12.5. The molecule has 0 fully saturated rings. The second-order valence-corrected chi connectivity index (χ2v) is 18.8. The monoisotopic (exact) mass is 897 g/mol. The number of carbonyl (C=O) groups excluding carboxylic acids is 2. The highest BCUT2D eigenvalue weighted by molar-refractivity contribution is 5.70. The van der Waals surface area contributed by atoms with Gasteiger partial charge in [-0.05, 0) is 70.6 Å². The van der Waals surface area contributed by atoms with Gasteiger partial charge in [-0.2, -0.15) is 0 Å². The van der Waals surface area contributed by atoms with Crippen LogP contribution in [0.1, 0.15) is 290 Å². The largest absolute Gasteiger partial charge is 0.462 e. The Balaban J connectivity index is 4.18. The fraction of sp³-hybridized carbons (Fsp3) is 0.831. The van der Waals surface area contributed by atoms with Gasteiger partial charge in [0.15, 0.2) is 6.10 Å². The molecule has 0 aliphatic rings. The van der Waals surface area contributed by atoms with E-state index in [4.69, 9.17) is 14.2 Å². The molecule has 0 aromatic carbocycles. The molecule has 5 heteroatoms. The summed E-state index contributed by atoms with van der Waals surface area (Å²) in [6, 6.07) is 0. The maximum absolute atomic E-state index is 12.8. The van der Waals surface area contributed by atoms with Crippen molar-refractivity contribution >= 4 is 11.9 Å². The van der Waals surface area contributed by atoms with E-state index in [1.165, 1.54) is 180 Å². The van der Waals surface area contributed by atoms with Gasteiger partial charge in [0.2, 0.25) is 0 Å². The Kier molecular flexibility index (Phi) is 53.3. The third-order valence-corrected chi connectivity index (χ3v) is 12.3. The fourth-order valence-corrected chi connectivity index (χ4v) is 8.15. The van der Waals surface area contributed by atoms with Gasteiger partial charge in [-0.25, -0.2) is 0 Å². The van der Waals surface area contributed by atoms with Gasteiger partial charge >= 0.3 is 11.9 Å². The number of hydrogen-bond acceptors (Lipinski definition) is 5. The van der Waals surface area contributed by atoms with Crippen LogP contribution in [0.5, 0.6) is 0 Å². The zero-order valence-electron chi connectivity index (χ0n) is 43.1. The Hall–Kier alpha value is -2.14. The minimum absolute atomic E-state index is 0.0800. The minimum Gasteiger partial charge on any atom is -0.462 e. The summed E-state index contributed by atoms with van der Waals surface area (Å²) in [4.78, 5) is 25.4. The second-order valence-electron chi connectivity index (χ2n) is 18.8. The van der Waals surface area contributed by atoms with Gasteiger partial charge in [0.25, 0.3) is 0 Å². The Bertz CT molecular complexity index is 1060. The van der Waals surface area contributed by atoms with Gasteiger partial charge in [0.1, 0.15) is 6.61 Å². The molecule has 0 radical (unpaired) electrons. The minimum atomic E-state index is -0.541. The lowest BCUT2D eigenvalue weighted by molar-refractivity contribution is -0.163. The smallest absolute Gasteiger partial charge is 0.306 e. The van der Waals surface area contributed by atoms with Crippen LogP contribution in [-0.2, 0) is 23.8 Å². The summed E-state index contributed by atoms with van der Waals surface area (Å²) < 4.78 is 17.4. The Morgan fingerprint density at radius 2 is 0.719 bits per heavy atom. The van der Waals surface area contributed by atoms with Crippen LogP contribution in [0.3, 0.4) is 0 Å². The zero-order chi connectivity index (χ0) is 46.3. The molecule has 0 rings (SSSR count). The first-order valence-electron chi connectivity index (χ1n) is 28.2. The lowest BCUT2D eigenvalue weighted by Crippen LogP contribution is -2.30. The first-order chi connectivity index (χ1) is 31.6. The van der Waals surface area contributed by atoms with E-state index >= 15 is 0 Å². The molecule has 0 saturated carbocycles. The van der Waals surface area contributed by atoms with Crippen LogP contribution in [0.2, 0.25) is 0 Å². The van der Waals surface area contributed by atoms with Gasteiger partial charge in [0.05, 0.1) is 6.61 Å². The first kappa shape index (κ1) is 61.9. The lowest BCUT2D eigenvalue weighted by Gasteiger charge is -2.18. The second kappa shape index (κ2) is 55.2. The average molecular weight is 898 g/mol. The molecule has 0 spiro atoms. The van der Waals surface area contributed by atoms with Crippen molar-refractivity contribution in [2.75, 3.05) is 19.8 Å². The van der Waals surface area contributed by atoms with E-state index in [1.807, 2.05) is 0 Å². The lowest BCUT2D eigenvalue weighted by atomic mass is 10.0. The van der Waals surface area contributed by atoms with Crippen molar-refractivity contribution in [3.63, 3.8) is 0 Å². The van der Waals surface area contributed by atoms with E-state index in [0.29, 0.717) is 19.4 Å². The number of rotatable bonds is 52. The van der Waals surface area contributed by atoms with Crippen molar-refractivity contribution in [3.05, 3.63) is 48.6 Å². The highest BCUT2D eigenvalue weighted by Crippen LogP contribution is 2.16. The topological polar surface area (TPSA) is 61.8 Å². The number of esters is 2. The summed E-state index contributed by atoms with van der Waals surface area (Å²) in [7, 11) is 0. The van der Waals surface area contributed by atoms with Crippen molar-refractivity contribution in [3.8, 4) is 0 Å². The number of hydrogen-bond donors (Lipinski definition) is 0.